The zero-order chi connectivity index (χ0) is 14.8. The highest BCUT2D eigenvalue weighted by molar-refractivity contribution is 5.74. The van der Waals surface area contributed by atoms with Crippen molar-refractivity contribution in [3.8, 4) is 0 Å². The Labute approximate surface area is 121 Å². The van der Waals surface area contributed by atoms with Gasteiger partial charge in [0.05, 0.1) is 11.0 Å². The smallest absolute Gasteiger partial charge is 0.129 e. The van der Waals surface area contributed by atoms with Gasteiger partial charge in [0.2, 0.25) is 0 Å². The van der Waals surface area contributed by atoms with Gasteiger partial charge in [0.15, 0.2) is 0 Å². The summed E-state index contributed by atoms with van der Waals surface area (Å²) in [5.74, 6) is 2.12. The molecular weight excluding hydrogens is 269 g/mol. The van der Waals surface area contributed by atoms with Gasteiger partial charge in [-0.15, -0.1) is 0 Å². The number of hydrogen-bond acceptors (Lipinski definition) is 4. The molecule has 21 heavy (non-hydrogen) atoms. The molecule has 0 aliphatic heterocycles. The van der Waals surface area contributed by atoms with Gasteiger partial charge in [-0.2, -0.15) is 0 Å². The second-order valence-electron chi connectivity index (χ2n) is 4.96. The van der Waals surface area contributed by atoms with E-state index in [-0.39, 0.29) is 5.82 Å². The van der Waals surface area contributed by atoms with Crippen molar-refractivity contribution >= 4 is 16.9 Å². The maximum atomic E-state index is 13.1. The van der Waals surface area contributed by atoms with Crippen LogP contribution < -0.4 is 5.32 Å². The van der Waals surface area contributed by atoms with Crippen molar-refractivity contribution in [3.63, 3.8) is 0 Å². The highest BCUT2D eigenvalue weighted by atomic mass is 19.1. The number of aromatic amines is 1. The van der Waals surface area contributed by atoms with E-state index in [1.54, 1.807) is 6.07 Å². The van der Waals surface area contributed by atoms with Gasteiger partial charge in [0.25, 0.3) is 0 Å². The largest absolute Gasteiger partial charge is 0.370 e. The van der Waals surface area contributed by atoms with E-state index >= 15 is 0 Å². The van der Waals surface area contributed by atoms with Crippen molar-refractivity contribution in [1.82, 2.24) is 19.9 Å². The summed E-state index contributed by atoms with van der Waals surface area (Å²) < 4.78 is 13.1. The Hall–Kier alpha value is -2.50. The van der Waals surface area contributed by atoms with E-state index in [1.807, 2.05) is 19.9 Å². The fourth-order valence-electron chi connectivity index (χ4n) is 2.27. The topological polar surface area (TPSA) is 66.5 Å². The molecule has 5 nitrogen and oxygen atoms in total. The Balaban J connectivity index is 1.66. The van der Waals surface area contributed by atoms with Crippen LogP contribution in [0, 0.1) is 19.7 Å². The van der Waals surface area contributed by atoms with E-state index in [0.717, 1.165) is 34.2 Å². The van der Waals surface area contributed by atoms with Crippen molar-refractivity contribution in [2.45, 2.75) is 20.3 Å². The standard InChI is InChI=1S/C15H16FN5/c1-9-7-15(19-10(2)18-9)17-6-5-14-20-12-4-3-11(16)8-13(12)21-14/h3-4,7-8H,5-6H2,1-2H3,(H,20,21)(H,17,18,19). The van der Waals surface area contributed by atoms with Crippen molar-refractivity contribution in [2.24, 2.45) is 0 Å². The minimum absolute atomic E-state index is 0.261. The molecule has 6 heteroatoms. The number of rotatable bonds is 4. The first kappa shape index (κ1) is 13.5. The number of hydrogen-bond donors (Lipinski definition) is 2. The molecule has 0 aliphatic carbocycles. The van der Waals surface area contributed by atoms with Gasteiger partial charge in [0, 0.05) is 24.7 Å². The van der Waals surface area contributed by atoms with Crippen LogP contribution >= 0.6 is 0 Å². The van der Waals surface area contributed by atoms with Crippen molar-refractivity contribution in [3.05, 3.63) is 47.4 Å². The molecule has 0 aliphatic rings. The summed E-state index contributed by atoms with van der Waals surface area (Å²) in [7, 11) is 0. The molecule has 3 aromatic rings. The molecule has 0 unspecified atom stereocenters. The van der Waals surface area contributed by atoms with Crippen LogP contribution in [-0.4, -0.2) is 26.5 Å². The highest BCUT2D eigenvalue weighted by Gasteiger charge is 2.04. The monoisotopic (exact) mass is 285 g/mol. The normalized spacial score (nSPS) is 11.0. The Morgan fingerprint density at radius 1 is 1.14 bits per heavy atom. The van der Waals surface area contributed by atoms with E-state index in [0.29, 0.717) is 13.0 Å². The van der Waals surface area contributed by atoms with E-state index in [4.69, 9.17) is 0 Å². The third-order valence-corrected chi connectivity index (χ3v) is 3.13. The third kappa shape index (κ3) is 3.16. The molecule has 2 aromatic heterocycles. The zero-order valence-corrected chi connectivity index (χ0v) is 11.9. The van der Waals surface area contributed by atoms with E-state index in [2.05, 4.69) is 25.3 Å². The minimum Gasteiger partial charge on any atom is -0.370 e. The second kappa shape index (κ2) is 5.47. The van der Waals surface area contributed by atoms with Crippen LogP contribution in [0.5, 0.6) is 0 Å². The lowest BCUT2D eigenvalue weighted by atomic mass is 10.3. The van der Waals surface area contributed by atoms with E-state index in [9.17, 15) is 4.39 Å². The molecule has 3 rings (SSSR count). The molecule has 0 saturated carbocycles. The van der Waals surface area contributed by atoms with Crippen LogP contribution in [0.2, 0.25) is 0 Å². The number of anilines is 1. The van der Waals surface area contributed by atoms with E-state index in [1.165, 1.54) is 12.1 Å². The third-order valence-electron chi connectivity index (χ3n) is 3.13. The molecule has 0 amide bonds. The quantitative estimate of drug-likeness (QED) is 0.773. The van der Waals surface area contributed by atoms with Crippen LogP contribution in [0.1, 0.15) is 17.3 Å². The van der Waals surface area contributed by atoms with Crippen molar-refractivity contribution in [1.29, 1.82) is 0 Å². The number of fused-ring (bicyclic) bond motifs is 1. The SMILES string of the molecule is Cc1cc(NCCc2nc3ccc(F)cc3[nH]2)nc(C)n1. The molecule has 0 saturated heterocycles. The minimum atomic E-state index is -0.261. The molecule has 2 N–H and O–H groups in total. The van der Waals surface area contributed by atoms with Crippen LogP contribution in [0.25, 0.3) is 11.0 Å². The van der Waals surface area contributed by atoms with Gasteiger partial charge in [-0.25, -0.2) is 19.3 Å². The van der Waals surface area contributed by atoms with Crippen molar-refractivity contribution < 1.29 is 4.39 Å². The fraction of sp³-hybridized carbons (Fsp3) is 0.267. The number of H-pyrrole nitrogens is 1. The van der Waals surface area contributed by atoms with Crippen LogP contribution in [0.3, 0.4) is 0 Å². The number of aromatic nitrogens is 4. The van der Waals surface area contributed by atoms with Crippen LogP contribution in [0.4, 0.5) is 10.2 Å². The molecule has 108 valence electrons. The van der Waals surface area contributed by atoms with E-state index < -0.39 is 0 Å². The van der Waals surface area contributed by atoms with Crippen LogP contribution in [-0.2, 0) is 6.42 Å². The summed E-state index contributed by atoms with van der Waals surface area (Å²) in [5, 5.41) is 3.25. The Morgan fingerprint density at radius 3 is 2.81 bits per heavy atom. The lowest BCUT2D eigenvalue weighted by Crippen LogP contribution is -2.08. The second-order valence-corrected chi connectivity index (χ2v) is 4.96. The van der Waals surface area contributed by atoms with Gasteiger partial charge in [-0.1, -0.05) is 0 Å². The molecule has 0 radical (unpaired) electrons. The maximum absolute atomic E-state index is 13.1. The number of nitrogens with zero attached hydrogens (tertiary/aromatic N) is 3. The Morgan fingerprint density at radius 2 is 2.00 bits per heavy atom. The maximum Gasteiger partial charge on any atom is 0.129 e. The number of imidazole rings is 1. The Bertz CT molecular complexity index is 761. The summed E-state index contributed by atoms with van der Waals surface area (Å²) in [6.07, 6.45) is 0.707. The average molecular weight is 285 g/mol. The predicted molar refractivity (Wildman–Crippen MR) is 79.8 cm³/mol. The molecule has 0 bridgehead atoms. The summed E-state index contributed by atoms with van der Waals surface area (Å²) in [6.45, 7) is 4.50. The zero-order valence-electron chi connectivity index (χ0n) is 11.9. The predicted octanol–water partition coefficient (Wildman–Crippen LogP) is 2.76. The molecule has 0 spiro atoms. The van der Waals surface area contributed by atoms with Gasteiger partial charge in [-0.3, -0.25) is 0 Å². The molecule has 1 aromatic carbocycles. The number of nitrogens with one attached hydrogen (secondary N) is 2. The molecule has 0 atom stereocenters. The first-order valence-electron chi connectivity index (χ1n) is 6.80. The number of benzene rings is 1. The van der Waals surface area contributed by atoms with Crippen molar-refractivity contribution in [2.75, 3.05) is 11.9 Å². The highest BCUT2D eigenvalue weighted by Crippen LogP contribution is 2.13. The van der Waals surface area contributed by atoms with Gasteiger partial charge >= 0.3 is 0 Å². The van der Waals surface area contributed by atoms with Gasteiger partial charge in [-0.05, 0) is 32.0 Å². The van der Waals surface area contributed by atoms with Gasteiger partial charge in [0.1, 0.15) is 23.3 Å². The Kier molecular flexibility index (Phi) is 3.51. The number of halogens is 1. The lowest BCUT2D eigenvalue weighted by Gasteiger charge is -2.05. The summed E-state index contributed by atoms with van der Waals surface area (Å²) >= 11 is 0. The summed E-state index contributed by atoms with van der Waals surface area (Å²) in [4.78, 5) is 16.1. The summed E-state index contributed by atoms with van der Waals surface area (Å²) in [5.41, 5.74) is 2.43. The molecular formula is C15H16FN5. The molecule has 0 fully saturated rings. The van der Waals surface area contributed by atoms with Gasteiger partial charge < -0.3 is 10.3 Å². The molecule has 2 heterocycles. The summed E-state index contributed by atoms with van der Waals surface area (Å²) in [6, 6.07) is 6.45. The van der Waals surface area contributed by atoms with Crippen LogP contribution in [0.15, 0.2) is 24.3 Å². The fourth-order valence-corrected chi connectivity index (χ4v) is 2.27. The number of aryl methyl sites for hydroxylation is 2. The first-order chi connectivity index (χ1) is 10.1. The average Bonchev–Trinajstić information content (AvgIpc) is 2.79. The first-order valence-corrected chi connectivity index (χ1v) is 6.80. The lowest BCUT2D eigenvalue weighted by molar-refractivity contribution is 0.629.